The van der Waals surface area contributed by atoms with Gasteiger partial charge in [0.05, 0.1) is 16.1 Å². The van der Waals surface area contributed by atoms with Gasteiger partial charge in [0.2, 0.25) is 0 Å². The molecule has 28 heavy (non-hydrogen) atoms. The van der Waals surface area contributed by atoms with Crippen molar-refractivity contribution in [2.75, 3.05) is 5.32 Å². The molecule has 138 valence electrons. The third-order valence-corrected chi connectivity index (χ3v) is 6.04. The van der Waals surface area contributed by atoms with Gasteiger partial charge in [0.25, 0.3) is 5.91 Å². The highest BCUT2D eigenvalue weighted by molar-refractivity contribution is 9.10. The topological polar surface area (TPSA) is 42.0 Å². The largest absolute Gasteiger partial charge is 0.298 e. The summed E-state index contributed by atoms with van der Waals surface area (Å²) in [5.74, 6) is -0.184. The van der Waals surface area contributed by atoms with Gasteiger partial charge >= 0.3 is 0 Å². The summed E-state index contributed by atoms with van der Waals surface area (Å²) in [6.07, 6.45) is 0. The molecule has 3 nitrogen and oxygen atoms in total. The number of carbonyl (C=O) groups excluding carboxylic acids is 1. The number of aryl methyl sites for hydroxylation is 1. The second kappa shape index (κ2) is 8.09. The summed E-state index contributed by atoms with van der Waals surface area (Å²) in [6.45, 7) is 2.07. The minimum absolute atomic E-state index is 0.184. The van der Waals surface area contributed by atoms with E-state index >= 15 is 0 Å². The summed E-state index contributed by atoms with van der Waals surface area (Å²) in [7, 11) is 0. The lowest BCUT2D eigenvalue weighted by atomic mass is 10.1. The maximum atomic E-state index is 12.7. The molecule has 1 N–H and O–H groups in total. The molecule has 4 rings (SSSR count). The molecule has 4 aromatic rings. The molecule has 0 aliphatic heterocycles. The molecule has 1 aromatic heterocycles. The number of nitrogens with zero attached hydrogens (tertiary/aromatic N) is 1. The molecule has 0 bridgehead atoms. The van der Waals surface area contributed by atoms with Crippen molar-refractivity contribution in [2.24, 2.45) is 0 Å². The Morgan fingerprint density at radius 1 is 0.893 bits per heavy atom. The highest BCUT2D eigenvalue weighted by Gasteiger charge is 2.17. The van der Waals surface area contributed by atoms with Crippen LogP contribution >= 0.6 is 27.3 Å². The molecule has 0 radical (unpaired) electrons. The number of aromatic nitrogens is 1. The van der Waals surface area contributed by atoms with Crippen molar-refractivity contribution >= 4 is 38.3 Å². The lowest BCUT2D eigenvalue weighted by Crippen LogP contribution is -2.12. The molecule has 1 amide bonds. The number of carbonyl (C=O) groups is 1. The van der Waals surface area contributed by atoms with E-state index in [9.17, 15) is 4.79 Å². The van der Waals surface area contributed by atoms with E-state index in [0.29, 0.717) is 10.7 Å². The second-order valence-electron chi connectivity index (χ2n) is 6.36. The summed E-state index contributed by atoms with van der Waals surface area (Å²) >= 11 is 4.92. The average molecular weight is 449 g/mol. The Bertz CT molecular complexity index is 1120. The van der Waals surface area contributed by atoms with Crippen molar-refractivity contribution in [1.82, 2.24) is 4.98 Å². The molecule has 0 spiro atoms. The van der Waals surface area contributed by atoms with Gasteiger partial charge in [0, 0.05) is 10.0 Å². The average Bonchev–Trinajstić information content (AvgIpc) is 3.13. The van der Waals surface area contributed by atoms with Crippen LogP contribution in [-0.4, -0.2) is 10.9 Å². The standard InChI is InChI=1S/C23H17BrN2OS/c1-15-11-13-17(14-12-15)21-20(16-7-3-2-4-8-16)25-23(28-21)26-22(27)18-9-5-6-10-19(18)24/h2-14H,1H3,(H,25,26,27). The fraction of sp³-hybridized carbons (Fsp3) is 0.0435. The van der Waals surface area contributed by atoms with Crippen LogP contribution in [0.1, 0.15) is 15.9 Å². The van der Waals surface area contributed by atoms with Gasteiger partial charge in [-0.2, -0.15) is 0 Å². The van der Waals surface area contributed by atoms with E-state index in [-0.39, 0.29) is 5.91 Å². The first kappa shape index (κ1) is 18.6. The lowest BCUT2D eigenvalue weighted by molar-refractivity contribution is 0.102. The van der Waals surface area contributed by atoms with Crippen LogP contribution in [0.5, 0.6) is 0 Å². The highest BCUT2D eigenvalue weighted by atomic mass is 79.9. The van der Waals surface area contributed by atoms with E-state index in [4.69, 9.17) is 4.98 Å². The zero-order valence-electron chi connectivity index (χ0n) is 15.1. The van der Waals surface area contributed by atoms with E-state index in [2.05, 4.69) is 52.4 Å². The zero-order chi connectivity index (χ0) is 19.5. The van der Waals surface area contributed by atoms with Gasteiger partial charge in [-0.15, -0.1) is 0 Å². The quantitative estimate of drug-likeness (QED) is 0.372. The third kappa shape index (κ3) is 3.91. The summed E-state index contributed by atoms with van der Waals surface area (Å²) in [5.41, 5.74) is 4.77. The minimum Gasteiger partial charge on any atom is -0.298 e. The molecule has 0 aliphatic carbocycles. The van der Waals surface area contributed by atoms with Crippen LogP contribution in [0.3, 0.4) is 0 Å². The second-order valence-corrected chi connectivity index (χ2v) is 8.22. The Morgan fingerprint density at radius 2 is 1.57 bits per heavy atom. The Morgan fingerprint density at radius 3 is 2.29 bits per heavy atom. The molecule has 1 heterocycles. The predicted octanol–water partition coefficient (Wildman–Crippen LogP) is 6.80. The number of anilines is 1. The maximum absolute atomic E-state index is 12.7. The zero-order valence-corrected chi connectivity index (χ0v) is 17.5. The van der Waals surface area contributed by atoms with Gasteiger partial charge in [-0.05, 0) is 40.5 Å². The van der Waals surface area contributed by atoms with Gasteiger partial charge in [-0.1, -0.05) is 83.6 Å². The van der Waals surface area contributed by atoms with Crippen molar-refractivity contribution in [2.45, 2.75) is 6.92 Å². The van der Waals surface area contributed by atoms with Crippen LogP contribution in [0.4, 0.5) is 5.13 Å². The van der Waals surface area contributed by atoms with Gasteiger partial charge in [-0.25, -0.2) is 4.98 Å². The molecule has 0 aliphatic rings. The van der Waals surface area contributed by atoms with Gasteiger partial charge in [0.15, 0.2) is 5.13 Å². The van der Waals surface area contributed by atoms with E-state index in [1.807, 2.05) is 48.5 Å². The Balaban J connectivity index is 1.74. The molecule has 0 saturated heterocycles. The van der Waals surface area contributed by atoms with Crippen LogP contribution in [0.15, 0.2) is 83.3 Å². The SMILES string of the molecule is Cc1ccc(-c2sc(NC(=O)c3ccccc3Br)nc2-c2ccccc2)cc1. The number of halogens is 1. The van der Waals surface area contributed by atoms with Crippen molar-refractivity contribution in [3.05, 3.63) is 94.5 Å². The number of thiazole rings is 1. The first-order chi connectivity index (χ1) is 13.6. The number of amides is 1. The molecule has 0 unspecified atom stereocenters. The highest BCUT2D eigenvalue weighted by Crippen LogP contribution is 2.39. The van der Waals surface area contributed by atoms with Crippen LogP contribution in [-0.2, 0) is 0 Å². The number of hydrogen-bond donors (Lipinski definition) is 1. The Kier molecular flexibility index (Phi) is 5.37. The first-order valence-corrected chi connectivity index (χ1v) is 10.4. The lowest BCUT2D eigenvalue weighted by Gasteiger charge is -2.03. The van der Waals surface area contributed by atoms with Crippen LogP contribution in [0.2, 0.25) is 0 Å². The third-order valence-electron chi connectivity index (χ3n) is 4.33. The van der Waals surface area contributed by atoms with E-state index in [0.717, 1.165) is 26.2 Å². The molecular formula is C23H17BrN2OS. The molecular weight excluding hydrogens is 432 g/mol. The molecule has 5 heteroatoms. The van der Waals surface area contributed by atoms with Crippen molar-refractivity contribution in [3.63, 3.8) is 0 Å². The molecule has 3 aromatic carbocycles. The predicted molar refractivity (Wildman–Crippen MR) is 120 cm³/mol. The fourth-order valence-electron chi connectivity index (χ4n) is 2.88. The van der Waals surface area contributed by atoms with Crippen LogP contribution < -0.4 is 5.32 Å². The van der Waals surface area contributed by atoms with Crippen molar-refractivity contribution in [3.8, 4) is 21.7 Å². The number of rotatable bonds is 4. The Hall–Kier alpha value is -2.76. The van der Waals surface area contributed by atoms with Gasteiger partial charge in [-0.3, -0.25) is 10.1 Å². The normalized spacial score (nSPS) is 10.6. The molecule has 0 saturated carbocycles. The van der Waals surface area contributed by atoms with Crippen LogP contribution in [0.25, 0.3) is 21.7 Å². The Labute approximate surface area is 176 Å². The number of hydrogen-bond acceptors (Lipinski definition) is 3. The molecule has 0 fully saturated rings. The van der Waals surface area contributed by atoms with E-state index < -0.39 is 0 Å². The number of nitrogens with one attached hydrogen (secondary N) is 1. The molecule has 0 atom stereocenters. The smallest absolute Gasteiger partial charge is 0.258 e. The number of benzene rings is 3. The van der Waals surface area contributed by atoms with E-state index in [1.54, 1.807) is 6.07 Å². The summed E-state index contributed by atoms with van der Waals surface area (Å²) in [4.78, 5) is 18.5. The first-order valence-electron chi connectivity index (χ1n) is 8.81. The fourth-order valence-corrected chi connectivity index (χ4v) is 4.33. The van der Waals surface area contributed by atoms with Crippen LogP contribution in [0, 0.1) is 6.92 Å². The van der Waals surface area contributed by atoms with Crippen molar-refractivity contribution in [1.29, 1.82) is 0 Å². The van der Waals surface area contributed by atoms with Crippen molar-refractivity contribution < 1.29 is 4.79 Å². The van der Waals surface area contributed by atoms with Gasteiger partial charge in [0.1, 0.15) is 0 Å². The maximum Gasteiger partial charge on any atom is 0.258 e. The van der Waals surface area contributed by atoms with Gasteiger partial charge < -0.3 is 0 Å². The monoisotopic (exact) mass is 448 g/mol. The minimum atomic E-state index is -0.184. The van der Waals surface area contributed by atoms with E-state index in [1.165, 1.54) is 16.9 Å². The summed E-state index contributed by atoms with van der Waals surface area (Å²) in [5, 5.41) is 3.53. The summed E-state index contributed by atoms with van der Waals surface area (Å²) in [6, 6.07) is 25.8. The summed E-state index contributed by atoms with van der Waals surface area (Å²) < 4.78 is 0.756.